The summed E-state index contributed by atoms with van der Waals surface area (Å²) in [6, 6.07) is 86.1. The molecule has 0 fully saturated rings. The van der Waals surface area contributed by atoms with Gasteiger partial charge in [0.25, 0.3) is 0 Å². The highest BCUT2D eigenvalue weighted by molar-refractivity contribution is 6.05. The molecule has 0 N–H and O–H groups in total. The third kappa shape index (κ3) is 6.85. The molecule has 2 heteroatoms. The maximum Gasteiger partial charge on any atom is 0.0546 e. The van der Waals surface area contributed by atoms with Crippen molar-refractivity contribution in [3.8, 4) is 44.5 Å². The number of anilines is 6. The summed E-state index contributed by atoms with van der Waals surface area (Å²) in [6.45, 7) is 6.99. The van der Waals surface area contributed by atoms with Gasteiger partial charge >= 0.3 is 0 Å². The van der Waals surface area contributed by atoms with Gasteiger partial charge in [0.15, 0.2) is 0 Å². The molecule has 1 aliphatic carbocycles. The minimum absolute atomic E-state index is 0.132. The Morgan fingerprint density at radius 1 is 0.328 bits per heavy atom. The second-order valence-corrected chi connectivity index (χ2v) is 17.4. The van der Waals surface area contributed by atoms with E-state index >= 15 is 0 Å². The van der Waals surface area contributed by atoms with Crippen molar-refractivity contribution in [2.75, 3.05) is 9.80 Å². The molecule has 10 aromatic carbocycles. The van der Waals surface area contributed by atoms with Crippen molar-refractivity contribution >= 4 is 44.9 Å². The van der Waals surface area contributed by atoms with Gasteiger partial charge in [0.1, 0.15) is 0 Å². The van der Waals surface area contributed by atoms with Crippen LogP contribution in [-0.4, -0.2) is 0 Å². The number of benzene rings is 10. The van der Waals surface area contributed by atoms with Crippen LogP contribution in [0.4, 0.5) is 34.1 Å². The molecule has 0 saturated carbocycles. The Balaban J connectivity index is 0.958. The summed E-state index contributed by atoms with van der Waals surface area (Å²) in [5, 5.41) is 2.46. The fraction of sp³-hybridized carbons (Fsp3) is 0.0645. The lowest BCUT2D eigenvalue weighted by Crippen LogP contribution is -2.17. The first-order chi connectivity index (χ1) is 31.4. The maximum absolute atomic E-state index is 2.47. The number of para-hydroxylation sites is 2. The Morgan fingerprint density at radius 2 is 0.812 bits per heavy atom. The van der Waals surface area contributed by atoms with Gasteiger partial charge in [0.05, 0.1) is 5.69 Å². The number of hydrogen-bond donors (Lipinski definition) is 0. The van der Waals surface area contributed by atoms with E-state index in [4.69, 9.17) is 0 Å². The minimum Gasteiger partial charge on any atom is -0.311 e. The van der Waals surface area contributed by atoms with Crippen LogP contribution >= 0.6 is 0 Å². The summed E-state index contributed by atoms with van der Waals surface area (Å²) < 4.78 is 0. The van der Waals surface area contributed by atoms with Crippen molar-refractivity contribution < 1.29 is 0 Å². The molecule has 0 bridgehead atoms. The molecule has 11 rings (SSSR count). The zero-order valence-corrected chi connectivity index (χ0v) is 36.4. The second kappa shape index (κ2) is 16.1. The van der Waals surface area contributed by atoms with E-state index in [2.05, 4.69) is 267 Å². The molecule has 0 spiro atoms. The SMILES string of the molecule is Cc1cccc2c1-c1ccc(N(c3ccc(-c4ccc(-c5ccc(N(c6ccccc6)c6ccccc6)cc5)cc4)cc3)c3ccc4ccccc4c3-c3ccccc3)cc1C2(C)C. The number of rotatable bonds is 9. The summed E-state index contributed by atoms with van der Waals surface area (Å²) in [5.41, 5.74) is 20.6. The lowest BCUT2D eigenvalue weighted by molar-refractivity contribution is 0.660. The third-order valence-corrected chi connectivity index (χ3v) is 13.2. The van der Waals surface area contributed by atoms with E-state index in [1.165, 1.54) is 72.0 Å². The van der Waals surface area contributed by atoms with Crippen molar-refractivity contribution in [1.29, 1.82) is 0 Å². The van der Waals surface area contributed by atoms with Gasteiger partial charge < -0.3 is 9.80 Å². The van der Waals surface area contributed by atoms with E-state index in [0.717, 1.165) is 34.1 Å². The summed E-state index contributed by atoms with van der Waals surface area (Å²) in [5.74, 6) is 0. The molecule has 0 heterocycles. The van der Waals surface area contributed by atoms with Gasteiger partial charge in [-0.2, -0.15) is 0 Å². The monoisotopic (exact) mass is 820 g/mol. The zero-order valence-electron chi connectivity index (χ0n) is 36.4. The van der Waals surface area contributed by atoms with Crippen molar-refractivity contribution in [3.05, 3.63) is 253 Å². The number of fused-ring (bicyclic) bond motifs is 4. The van der Waals surface area contributed by atoms with Crippen LogP contribution in [0.25, 0.3) is 55.3 Å². The highest BCUT2D eigenvalue weighted by atomic mass is 15.1. The molecular formula is C62H48N2. The predicted octanol–water partition coefficient (Wildman–Crippen LogP) is 17.4. The number of nitrogens with zero attached hydrogens (tertiary/aromatic N) is 2. The van der Waals surface area contributed by atoms with Crippen LogP contribution in [0.15, 0.2) is 237 Å². The fourth-order valence-corrected chi connectivity index (χ4v) is 9.94. The molecule has 64 heavy (non-hydrogen) atoms. The van der Waals surface area contributed by atoms with Gasteiger partial charge in [-0.15, -0.1) is 0 Å². The van der Waals surface area contributed by atoms with Crippen LogP contribution in [0.1, 0.15) is 30.5 Å². The maximum atomic E-state index is 2.47. The van der Waals surface area contributed by atoms with E-state index in [-0.39, 0.29) is 5.41 Å². The van der Waals surface area contributed by atoms with Gasteiger partial charge in [-0.05, 0) is 140 Å². The number of aryl methyl sites for hydroxylation is 1. The van der Waals surface area contributed by atoms with Crippen LogP contribution in [0.5, 0.6) is 0 Å². The minimum atomic E-state index is -0.132. The van der Waals surface area contributed by atoms with Gasteiger partial charge in [-0.3, -0.25) is 0 Å². The first-order valence-corrected chi connectivity index (χ1v) is 22.3. The topological polar surface area (TPSA) is 6.48 Å². The van der Waals surface area contributed by atoms with E-state index < -0.39 is 0 Å². The Labute approximate surface area is 377 Å². The van der Waals surface area contributed by atoms with Crippen LogP contribution in [0.2, 0.25) is 0 Å². The predicted molar refractivity (Wildman–Crippen MR) is 272 cm³/mol. The van der Waals surface area contributed by atoms with Crippen LogP contribution in [0.3, 0.4) is 0 Å². The molecule has 0 saturated heterocycles. The first kappa shape index (κ1) is 38.9. The lowest BCUT2D eigenvalue weighted by Gasteiger charge is -2.30. The summed E-state index contributed by atoms with van der Waals surface area (Å²) in [4.78, 5) is 4.76. The third-order valence-electron chi connectivity index (χ3n) is 13.2. The summed E-state index contributed by atoms with van der Waals surface area (Å²) in [6.07, 6.45) is 0. The molecule has 0 atom stereocenters. The molecule has 0 unspecified atom stereocenters. The molecule has 0 amide bonds. The van der Waals surface area contributed by atoms with Crippen molar-refractivity contribution in [2.24, 2.45) is 0 Å². The molecule has 1 aliphatic rings. The first-order valence-electron chi connectivity index (χ1n) is 22.3. The van der Waals surface area contributed by atoms with Gasteiger partial charge in [0, 0.05) is 39.4 Å². The quantitative estimate of drug-likeness (QED) is 0.143. The van der Waals surface area contributed by atoms with Crippen LogP contribution in [-0.2, 0) is 5.41 Å². The standard InChI is InChI=1S/C62H48N2/c1-43-16-15-25-57-60(43)56-40-39-54(42-58(56)62(57,2)3)64(59-41-34-48-17-13-14-24-55(48)61(59)49-18-7-4-8-19-49)53-37-32-47(33-38-53)45-28-26-44(27-29-45)46-30-35-52(36-31-46)63(50-20-9-5-10-21-50)51-22-11-6-12-23-51/h4-42H,1-3H3. The Hall–Kier alpha value is -7.94. The molecule has 0 aliphatic heterocycles. The molecule has 0 radical (unpaired) electrons. The second-order valence-electron chi connectivity index (χ2n) is 17.4. The Kier molecular flexibility index (Phi) is 9.78. The lowest BCUT2D eigenvalue weighted by atomic mass is 9.82. The molecule has 0 aromatic heterocycles. The molecule has 2 nitrogen and oxygen atoms in total. The normalized spacial score (nSPS) is 12.4. The van der Waals surface area contributed by atoms with Gasteiger partial charge in [-0.25, -0.2) is 0 Å². The summed E-state index contributed by atoms with van der Waals surface area (Å²) in [7, 11) is 0. The van der Waals surface area contributed by atoms with Crippen molar-refractivity contribution in [3.63, 3.8) is 0 Å². The van der Waals surface area contributed by atoms with E-state index in [1.807, 2.05) is 0 Å². The largest absolute Gasteiger partial charge is 0.311 e. The van der Waals surface area contributed by atoms with E-state index in [9.17, 15) is 0 Å². The van der Waals surface area contributed by atoms with E-state index in [1.54, 1.807) is 0 Å². The van der Waals surface area contributed by atoms with E-state index in [0.29, 0.717) is 0 Å². The highest BCUT2D eigenvalue weighted by Gasteiger charge is 2.37. The molecule has 10 aromatic rings. The van der Waals surface area contributed by atoms with Crippen molar-refractivity contribution in [1.82, 2.24) is 0 Å². The molecular weight excluding hydrogens is 773 g/mol. The zero-order chi connectivity index (χ0) is 43.2. The highest BCUT2D eigenvalue weighted by Crippen LogP contribution is 2.53. The molecule has 306 valence electrons. The van der Waals surface area contributed by atoms with Gasteiger partial charge in [-0.1, -0.05) is 184 Å². The fourth-order valence-electron chi connectivity index (χ4n) is 9.94. The van der Waals surface area contributed by atoms with Crippen LogP contribution < -0.4 is 9.80 Å². The van der Waals surface area contributed by atoms with Gasteiger partial charge in [0.2, 0.25) is 0 Å². The Bertz CT molecular complexity index is 3220. The number of hydrogen-bond acceptors (Lipinski definition) is 2. The summed E-state index contributed by atoms with van der Waals surface area (Å²) >= 11 is 0. The van der Waals surface area contributed by atoms with Crippen molar-refractivity contribution in [2.45, 2.75) is 26.2 Å². The Morgan fingerprint density at radius 3 is 1.41 bits per heavy atom. The van der Waals surface area contributed by atoms with Crippen LogP contribution in [0, 0.1) is 6.92 Å². The smallest absolute Gasteiger partial charge is 0.0546 e. The average molecular weight is 821 g/mol. The average Bonchev–Trinajstić information content (AvgIpc) is 3.59.